The molecule has 0 aromatic carbocycles. The highest BCUT2D eigenvalue weighted by Crippen LogP contribution is 2.25. The molecule has 5 heteroatoms. The van der Waals surface area contributed by atoms with Gasteiger partial charge < -0.3 is 10.6 Å². The quantitative estimate of drug-likeness (QED) is 0.934. The van der Waals surface area contributed by atoms with Crippen molar-refractivity contribution in [1.29, 1.82) is 0 Å². The predicted molar refractivity (Wildman–Crippen MR) is 81.0 cm³/mol. The first kappa shape index (κ1) is 13.5. The van der Waals surface area contributed by atoms with Gasteiger partial charge in [-0.1, -0.05) is 6.07 Å². The van der Waals surface area contributed by atoms with Crippen LogP contribution in [0.4, 0.5) is 5.82 Å². The maximum absolute atomic E-state index is 5.98. The number of aromatic nitrogens is 1. The van der Waals surface area contributed by atoms with Crippen molar-refractivity contribution in [1.82, 2.24) is 4.98 Å². The summed E-state index contributed by atoms with van der Waals surface area (Å²) in [5.41, 5.74) is 8.33. The van der Waals surface area contributed by atoms with Crippen LogP contribution in [0.25, 0.3) is 0 Å². The molecule has 2 rings (SSSR count). The SMILES string of the molecule is C[C@H](N)c1cccnc1N(C)Cc1csc(Br)c1. The smallest absolute Gasteiger partial charge is 0.133 e. The van der Waals surface area contributed by atoms with E-state index in [9.17, 15) is 0 Å². The number of hydrogen-bond acceptors (Lipinski definition) is 4. The van der Waals surface area contributed by atoms with Crippen molar-refractivity contribution in [2.75, 3.05) is 11.9 Å². The van der Waals surface area contributed by atoms with Crippen LogP contribution in [-0.2, 0) is 6.54 Å². The van der Waals surface area contributed by atoms with E-state index in [1.165, 1.54) is 5.56 Å². The van der Waals surface area contributed by atoms with E-state index in [4.69, 9.17) is 5.73 Å². The van der Waals surface area contributed by atoms with E-state index >= 15 is 0 Å². The Labute approximate surface area is 120 Å². The largest absolute Gasteiger partial charge is 0.355 e. The zero-order valence-corrected chi connectivity index (χ0v) is 12.8. The topological polar surface area (TPSA) is 42.1 Å². The molecule has 0 radical (unpaired) electrons. The van der Waals surface area contributed by atoms with Gasteiger partial charge in [-0.25, -0.2) is 4.98 Å². The second kappa shape index (κ2) is 5.82. The van der Waals surface area contributed by atoms with E-state index in [1.54, 1.807) is 17.5 Å². The highest BCUT2D eigenvalue weighted by Gasteiger charge is 2.12. The molecule has 2 N–H and O–H groups in total. The maximum atomic E-state index is 5.98. The number of rotatable bonds is 4. The predicted octanol–water partition coefficient (Wildman–Crippen LogP) is 3.56. The second-order valence-electron chi connectivity index (χ2n) is 4.32. The lowest BCUT2D eigenvalue weighted by atomic mass is 10.1. The van der Waals surface area contributed by atoms with E-state index in [1.807, 2.05) is 26.1 Å². The Bertz CT molecular complexity index is 524. The van der Waals surface area contributed by atoms with E-state index in [-0.39, 0.29) is 6.04 Å². The number of pyridine rings is 1. The van der Waals surface area contributed by atoms with Crippen LogP contribution in [0, 0.1) is 0 Å². The van der Waals surface area contributed by atoms with Crippen LogP contribution in [0.15, 0.2) is 33.6 Å². The van der Waals surface area contributed by atoms with Crippen LogP contribution in [0.3, 0.4) is 0 Å². The third kappa shape index (κ3) is 3.10. The van der Waals surface area contributed by atoms with Crippen molar-refractivity contribution in [3.8, 4) is 0 Å². The number of nitrogens with zero attached hydrogens (tertiary/aromatic N) is 2. The van der Waals surface area contributed by atoms with Gasteiger partial charge in [0, 0.05) is 31.4 Å². The molecule has 3 nitrogen and oxygen atoms in total. The summed E-state index contributed by atoms with van der Waals surface area (Å²) in [4.78, 5) is 6.57. The molecule has 0 saturated heterocycles. The first-order valence-corrected chi connectivity index (χ1v) is 7.39. The molecular formula is C13H16BrN3S. The molecule has 2 aromatic heterocycles. The van der Waals surface area contributed by atoms with Crippen molar-refractivity contribution in [3.05, 3.63) is 44.7 Å². The minimum Gasteiger partial charge on any atom is -0.355 e. The fraction of sp³-hybridized carbons (Fsp3) is 0.308. The van der Waals surface area contributed by atoms with Crippen LogP contribution in [0.2, 0.25) is 0 Å². The van der Waals surface area contributed by atoms with E-state index in [0.717, 1.165) is 21.7 Å². The van der Waals surface area contributed by atoms with E-state index < -0.39 is 0 Å². The zero-order valence-electron chi connectivity index (χ0n) is 10.4. The zero-order chi connectivity index (χ0) is 13.1. The number of anilines is 1. The van der Waals surface area contributed by atoms with Crippen LogP contribution < -0.4 is 10.6 Å². The molecule has 96 valence electrons. The summed E-state index contributed by atoms with van der Waals surface area (Å²) in [6, 6.07) is 6.09. The van der Waals surface area contributed by atoms with Gasteiger partial charge in [0.05, 0.1) is 3.79 Å². The van der Waals surface area contributed by atoms with Gasteiger partial charge in [0.1, 0.15) is 5.82 Å². The van der Waals surface area contributed by atoms with Gasteiger partial charge in [-0.15, -0.1) is 11.3 Å². The second-order valence-corrected chi connectivity index (χ2v) is 6.61. The molecule has 0 unspecified atom stereocenters. The maximum Gasteiger partial charge on any atom is 0.133 e. The van der Waals surface area contributed by atoms with Crippen molar-refractivity contribution in [2.24, 2.45) is 5.73 Å². The molecule has 0 bridgehead atoms. The summed E-state index contributed by atoms with van der Waals surface area (Å²) in [6.07, 6.45) is 1.81. The summed E-state index contributed by atoms with van der Waals surface area (Å²) in [5.74, 6) is 0.954. The number of halogens is 1. The highest BCUT2D eigenvalue weighted by molar-refractivity contribution is 9.11. The summed E-state index contributed by atoms with van der Waals surface area (Å²) in [6.45, 7) is 2.81. The first-order valence-electron chi connectivity index (χ1n) is 5.72. The van der Waals surface area contributed by atoms with Gasteiger partial charge in [0.2, 0.25) is 0 Å². The summed E-state index contributed by atoms with van der Waals surface area (Å²) >= 11 is 5.18. The Hall–Kier alpha value is -0.910. The van der Waals surface area contributed by atoms with Gasteiger partial charge >= 0.3 is 0 Å². The molecular weight excluding hydrogens is 310 g/mol. The van der Waals surface area contributed by atoms with Crippen molar-refractivity contribution in [2.45, 2.75) is 19.5 Å². The van der Waals surface area contributed by atoms with Crippen LogP contribution in [0.1, 0.15) is 24.1 Å². The summed E-state index contributed by atoms with van der Waals surface area (Å²) in [7, 11) is 2.04. The standard InChI is InChI=1S/C13H16BrN3S/c1-9(15)11-4-3-5-16-13(11)17(2)7-10-6-12(14)18-8-10/h3-6,8-9H,7,15H2,1-2H3/t9-/m0/s1. The average molecular weight is 326 g/mol. The van der Waals surface area contributed by atoms with Gasteiger partial charge in [0.15, 0.2) is 0 Å². The van der Waals surface area contributed by atoms with Gasteiger partial charge in [-0.05, 0) is 45.9 Å². The van der Waals surface area contributed by atoms with E-state index in [2.05, 4.69) is 37.3 Å². The lowest BCUT2D eigenvalue weighted by molar-refractivity contribution is 0.789. The highest BCUT2D eigenvalue weighted by atomic mass is 79.9. The lowest BCUT2D eigenvalue weighted by Crippen LogP contribution is -2.21. The van der Waals surface area contributed by atoms with Crippen LogP contribution in [-0.4, -0.2) is 12.0 Å². The number of thiophene rings is 1. The number of hydrogen-bond donors (Lipinski definition) is 1. The molecule has 0 aliphatic rings. The first-order chi connectivity index (χ1) is 8.58. The average Bonchev–Trinajstić information content (AvgIpc) is 2.74. The minimum atomic E-state index is -0.00893. The van der Waals surface area contributed by atoms with Gasteiger partial charge in [-0.3, -0.25) is 0 Å². The Morgan fingerprint density at radius 1 is 1.56 bits per heavy atom. The minimum absolute atomic E-state index is 0.00893. The lowest BCUT2D eigenvalue weighted by Gasteiger charge is -2.22. The molecule has 2 aromatic rings. The number of nitrogens with two attached hydrogens (primary N) is 1. The monoisotopic (exact) mass is 325 g/mol. The van der Waals surface area contributed by atoms with Crippen molar-refractivity contribution < 1.29 is 0 Å². The Balaban J connectivity index is 2.20. The van der Waals surface area contributed by atoms with Crippen LogP contribution >= 0.6 is 27.3 Å². The molecule has 0 fully saturated rings. The molecule has 0 aliphatic heterocycles. The van der Waals surface area contributed by atoms with Crippen molar-refractivity contribution >= 4 is 33.1 Å². The van der Waals surface area contributed by atoms with E-state index in [0.29, 0.717) is 0 Å². The summed E-state index contributed by atoms with van der Waals surface area (Å²) in [5, 5.41) is 2.15. The van der Waals surface area contributed by atoms with Crippen LogP contribution in [0.5, 0.6) is 0 Å². The fourth-order valence-corrected chi connectivity index (χ4v) is 3.06. The fourth-order valence-electron chi connectivity index (χ4n) is 1.86. The molecule has 0 amide bonds. The van der Waals surface area contributed by atoms with Crippen molar-refractivity contribution in [3.63, 3.8) is 0 Å². The van der Waals surface area contributed by atoms with Gasteiger partial charge in [-0.2, -0.15) is 0 Å². The molecule has 2 heterocycles. The normalized spacial score (nSPS) is 12.4. The molecule has 18 heavy (non-hydrogen) atoms. The molecule has 1 atom stereocenters. The summed E-state index contributed by atoms with van der Waals surface area (Å²) < 4.78 is 1.15. The Kier molecular flexibility index (Phi) is 4.37. The third-order valence-corrected chi connectivity index (χ3v) is 4.26. The Morgan fingerprint density at radius 2 is 2.33 bits per heavy atom. The molecule has 0 spiro atoms. The molecule has 0 aliphatic carbocycles. The molecule has 0 saturated carbocycles. The Morgan fingerprint density at radius 3 is 2.94 bits per heavy atom. The third-order valence-electron chi connectivity index (χ3n) is 2.71. The van der Waals surface area contributed by atoms with Gasteiger partial charge in [0.25, 0.3) is 0 Å².